The lowest BCUT2D eigenvalue weighted by Gasteiger charge is -2.27. The molecule has 3 aliphatic heterocycles. The van der Waals surface area contributed by atoms with Crippen molar-refractivity contribution in [3.63, 3.8) is 0 Å². The molecule has 12 heteroatoms. The molecule has 4 heterocycles. The van der Waals surface area contributed by atoms with Crippen molar-refractivity contribution in [3.05, 3.63) is 41.2 Å². The fourth-order valence-electron chi connectivity index (χ4n) is 4.65. The van der Waals surface area contributed by atoms with Gasteiger partial charge in [0, 0.05) is 18.5 Å². The summed E-state index contributed by atoms with van der Waals surface area (Å²) in [4.78, 5) is 63.3. The van der Waals surface area contributed by atoms with Crippen molar-refractivity contribution in [2.24, 2.45) is 0 Å². The van der Waals surface area contributed by atoms with Crippen LogP contribution in [0, 0.1) is 0 Å². The zero-order chi connectivity index (χ0) is 23.8. The first-order valence-electron chi connectivity index (χ1n) is 11.2. The molecule has 0 radical (unpaired) electrons. The van der Waals surface area contributed by atoms with Crippen molar-refractivity contribution >= 4 is 35.2 Å². The van der Waals surface area contributed by atoms with Crippen LogP contribution in [0.1, 0.15) is 58.0 Å². The summed E-state index contributed by atoms with van der Waals surface area (Å²) in [5.41, 5.74) is 1.14. The minimum absolute atomic E-state index is 0.0273. The topological polar surface area (TPSA) is 155 Å². The standard InChI is InChI=1S/C22H23N7O5/c30-17-5-4-16(20(32)25-17)29-21(33)13-2-1-3-14(19(13)22(29)34)24-18(31)11-28-10-15(26-27-28)12-6-8-23-9-7-12/h1-3,10,12,16,23H,4-9,11H2,(H,24,31)(H,25,30,32). The van der Waals surface area contributed by atoms with Crippen LogP contribution in [0.5, 0.6) is 0 Å². The van der Waals surface area contributed by atoms with E-state index in [0.29, 0.717) is 5.92 Å². The maximum atomic E-state index is 13.1. The van der Waals surface area contributed by atoms with E-state index in [0.717, 1.165) is 36.5 Å². The fraction of sp³-hybridized carbons (Fsp3) is 0.409. The molecule has 0 aliphatic carbocycles. The normalized spacial score (nSPS) is 20.9. The first kappa shape index (κ1) is 21.9. The van der Waals surface area contributed by atoms with Crippen LogP contribution < -0.4 is 16.0 Å². The minimum Gasteiger partial charge on any atom is -0.324 e. The molecule has 2 fully saturated rings. The largest absolute Gasteiger partial charge is 0.324 e. The van der Waals surface area contributed by atoms with E-state index in [-0.39, 0.29) is 36.2 Å². The molecule has 2 saturated heterocycles. The van der Waals surface area contributed by atoms with Crippen LogP contribution in [0.15, 0.2) is 24.4 Å². The highest BCUT2D eigenvalue weighted by molar-refractivity contribution is 6.26. The second kappa shape index (κ2) is 8.78. The van der Waals surface area contributed by atoms with Gasteiger partial charge in [0.05, 0.1) is 22.5 Å². The maximum Gasteiger partial charge on any atom is 0.264 e. The molecular weight excluding hydrogens is 442 g/mol. The van der Waals surface area contributed by atoms with Gasteiger partial charge in [-0.3, -0.25) is 34.2 Å². The Labute approximate surface area is 194 Å². The second-order valence-electron chi connectivity index (χ2n) is 8.59. The molecular formula is C22H23N7O5. The molecule has 3 N–H and O–H groups in total. The van der Waals surface area contributed by atoms with Gasteiger partial charge in [0.1, 0.15) is 12.6 Å². The third kappa shape index (κ3) is 3.96. The summed E-state index contributed by atoms with van der Waals surface area (Å²) in [5.74, 6) is -2.57. The summed E-state index contributed by atoms with van der Waals surface area (Å²) < 4.78 is 1.44. The van der Waals surface area contributed by atoms with Gasteiger partial charge in [-0.05, 0) is 44.5 Å². The Morgan fingerprint density at radius 3 is 2.65 bits per heavy atom. The number of carbonyl (C=O) groups excluding carboxylic acids is 5. The summed E-state index contributed by atoms with van der Waals surface area (Å²) in [6.45, 7) is 1.72. The number of benzene rings is 1. The Balaban J connectivity index is 1.31. The molecule has 1 atom stereocenters. The van der Waals surface area contributed by atoms with Crippen molar-refractivity contribution in [1.82, 2.24) is 30.5 Å². The summed E-state index contributed by atoms with van der Waals surface area (Å²) >= 11 is 0. The molecule has 1 unspecified atom stereocenters. The van der Waals surface area contributed by atoms with Gasteiger partial charge in [-0.15, -0.1) is 5.10 Å². The summed E-state index contributed by atoms with van der Waals surface area (Å²) in [6, 6.07) is 3.48. The highest BCUT2D eigenvalue weighted by Crippen LogP contribution is 2.32. The number of hydrogen-bond donors (Lipinski definition) is 3. The summed E-state index contributed by atoms with van der Waals surface area (Å²) in [6.07, 6.45) is 3.76. The zero-order valence-corrected chi connectivity index (χ0v) is 18.2. The number of fused-ring (bicyclic) bond motifs is 1. The highest BCUT2D eigenvalue weighted by atomic mass is 16.2. The third-order valence-electron chi connectivity index (χ3n) is 6.36. The number of nitrogens with zero attached hydrogens (tertiary/aromatic N) is 4. The van der Waals surface area contributed by atoms with Crippen LogP contribution in [0.25, 0.3) is 0 Å². The van der Waals surface area contributed by atoms with Crippen LogP contribution in [-0.2, 0) is 20.9 Å². The van der Waals surface area contributed by atoms with Crippen molar-refractivity contribution < 1.29 is 24.0 Å². The SMILES string of the molecule is O=C1CCC(N2C(=O)c3cccc(NC(=O)Cn4cc(C5CCNCC5)nn4)c3C2=O)C(=O)N1. The van der Waals surface area contributed by atoms with Crippen molar-refractivity contribution in [3.8, 4) is 0 Å². The van der Waals surface area contributed by atoms with Crippen molar-refractivity contribution in [1.29, 1.82) is 0 Å². The fourth-order valence-corrected chi connectivity index (χ4v) is 4.65. The van der Waals surface area contributed by atoms with Crippen molar-refractivity contribution in [2.75, 3.05) is 18.4 Å². The Bertz CT molecular complexity index is 1200. The average molecular weight is 465 g/mol. The Morgan fingerprint density at radius 1 is 1.09 bits per heavy atom. The van der Waals surface area contributed by atoms with E-state index in [1.165, 1.54) is 16.8 Å². The third-order valence-corrected chi connectivity index (χ3v) is 6.36. The number of piperidine rings is 2. The molecule has 34 heavy (non-hydrogen) atoms. The van der Waals surface area contributed by atoms with E-state index in [9.17, 15) is 24.0 Å². The molecule has 1 aromatic carbocycles. The second-order valence-corrected chi connectivity index (χ2v) is 8.59. The summed E-state index contributed by atoms with van der Waals surface area (Å²) in [5, 5.41) is 16.4. The van der Waals surface area contributed by atoms with E-state index in [2.05, 4.69) is 26.3 Å². The van der Waals surface area contributed by atoms with Crippen LogP contribution in [0.4, 0.5) is 5.69 Å². The van der Waals surface area contributed by atoms with Gasteiger partial charge in [0.15, 0.2) is 0 Å². The maximum absolute atomic E-state index is 13.1. The molecule has 0 bridgehead atoms. The van der Waals surface area contributed by atoms with Crippen molar-refractivity contribution in [2.45, 2.75) is 44.2 Å². The molecule has 0 saturated carbocycles. The lowest BCUT2D eigenvalue weighted by molar-refractivity contribution is -0.136. The van der Waals surface area contributed by atoms with E-state index < -0.39 is 35.6 Å². The molecule has 1 aromatic heterocycles. The smallest absolute Gasteiger partial charge is 0.264 e. The lowest BCUT2D eigenvalue weighted by Crippen LogP contribution is -2.54. The van der Waals surface area contributed by atoms with E-state index in [1.54, 1.807) is 12.3 Å². The number of imide groups is 2. The Hall–Kier alpha value is -3.93. The number of carbonyl (C=O) groups is 5. The van der Waals surface area contributed by atoms with E-state index in [4.69, 9.17) is 0 Å². The van der Waals surface area contributed by atoms with Crippen LogP contribution in [0.2, 0.25) is 0 Å². The molecule has 2 aromatic rings. The monoisotopic (exact) mass is 465 g/mol. The molecule has 0 spiro atoms. The highest BCUT2D eigenvalue weighted by Gasteiger charge is 2.45. The molecule has 5 amide bonds. The lowest BCUT2D eigenvalue weighted by atomic mass is 9.95. The molecule has 3 aliphatic rings. The average Bonchev–Trinajstić information content (AvgIpc) is 3.38. The van der Waals surface area contributed by atoms with Gasteiger partial charge < -0.3 is 10.6 Å². The molecule has 176 valence electrons. The van der Waals surface area contributed by atoms with Gasteiger partial charge in [-0.25, -0.2) is 4.68 Å². The van der Waals surface area contributed by atoms with Gasteiger partial charge in [0.2, 0.25) is 17.7 Å². The Morgan fingerprint density at radius 2 is 1.88 bits per heavy atom. The number of hydrogen-bond acceptors (Lipinski definition) is 8. The number of anilines is 1. The van der Waals surface area contributed by atoms with Gasteiger partial charge in [-0.2, -0.15) is 0 Å². The molecule has 12 nitrogen and oxygen atoms in total. The first-order chi connectivity index (χ1) is 16.4. The number of aromatic nitrogens is 3. The zero-order valence-electron chi connectivity index (χ0n) is 18.2. The molecule has 5 rings (SSSR count). The minimum atomic E-state index is -1.07. The predicted molar refractivity (Wildman–Crippen MR) is 117 cm³/mol. The number of rotatable bonds is 5. The van der Waals surface area contributed by atoms with Gasteiger partial charge in [0.25, 0.3) is 11.8 Å². The van der Waals surface area contributed by atoms with Gasteiger partial charge in [-0.1, -0.05) is 11.3 Å². The number of amides is 5. The Kier molecular flexibility index (Phi) is 5.65. The van der Waals surface area contributed by atoms with Crippen LogP contribution >= 0.6 is 0 Å². The van der Waals surface area contributed by atoms with Gasteiger partial charge >= 0.3 is 0 Å². The van der Waals surface area contributed by atoms with E-state index in [1.807, 2.05) is 0 Å². The quantitative estimate of drug-likeness (QED) is 0.512. The van der Waals surface area contributed by atoms with E-state index >= 15 is 0 Å². The first-order valence-corrected chi connectivity index (χ1v) is 11.2. The van der Waals surface area contributed by atoms with Crippen LogP contribution in [-0.4, -0.2) is 68.6 Å². The predicted octanol–water partition coefficient (Wildman–Crippen LogP) is -0.215. The summed E-state index contributed by atoms with van der Waals surface area (Å²) in [7, 11) is 0. The van der Waals surface area contributed by atoms with Crippen LogP contribution in [0.3, 0.4) is 0 Å². The number of nitrogens with one attached hydrogen (secondary N) is 3.